The zero-order valence-electron chi connectivity index (χ0n) is 10.1. The number of ether oxygens (including phenoxy) is 1. The lowest BCUT2D eigenvalue weighted by Gasteiger charge is -2.34. The summed E-state index contributed by atoms with van der Waals surface area (Å²) in [6.07, 6.45) is 3.28. The van der Waals surface area contributed by atoms with E-state index in [0.29, 0.717) is 5.15 Å². The van der Waals surface area contributed by atoms with Gasteiger partial charge in [0.05, 0.1) is 6.61 Å². The molecule has 1 saturated carbocycles. The molecule has 0 radical (unpaired) electrons. The van der Waals surface area contributed by atoms with Gasteiger partial charge in [-0.1, -0.05) is 17.7 Å². The van der Waals surface area contributed by atoms with E-state index in [1.54, 1.807) is 19.2 Å². The minimum Gasteiger partial charge on any atom is -0.460 e. The Morgan fingerprint density at radius 2 is 2.22 bits per heavy atom. The average molecular weight is 268 g/mol. The summed E-state index contributed by atoms with van der Waals surface area (Å²) >= 11 is 5.72. The van der Waals surface area contributed by atoms with Gasteiger partial charge in [0.25, 0.3) is 0 Å². The van der Waals surface area contributed by atoms with Crippen LogP contribution in [0.3, 0.4) is 0 Å². The van der Waals surface area contributed by atoms with Crippen molar-refractivity contribution in [3.05, 3.63) is 29.0 Å². The van der Waals surface area contributed by atoms with Crippen molar-refractivity contribution < 1.29 is 14.3 Å². The summed E-state index contributed by atoms with van der Waals surface area (Å²) in [5, 5.41) is 0.423. The maximum Gasteiger partial charge on any atom is 0.374 e. The predicted octanol–water partition coefficient (Wildman–Crippen LogP) is 2.36. The maximum atomic E-state index is 11.8. The summed E-state index contributed by atoms with van der Waals surface area (Å²) < 4.78 is 4.74. The molecule has 1 aromatic heterocycles. The summed E-state index contributed by atoms with van der Waals surface area (Å²) in [5.74, 6) is -1.36. The second kappa shape index (κ2) is 5.48. The van der Waals surface area contributed by atoms with Crippen LogP contribution < -0.4 is 0 Å². The number of ketones is 1. The van der Waals surface area contributed by atoms with Crippen LogP contribution in [-0.4, -0.2) is 23.3 Å². The van der Waals surface area contributed by atoms with Gasteiger partial charge in [-0.05, 0) is 37.3 Å². The highest BCUT2D eigenvalue weighted by Crippen LogP contribution is 2.43. The highest BCUT2D eigenvalue weighted by molar-refractivity contribution is 6.34. The summed E-state index contributed by atoms with van der Waals surface area (Å²) in [5.41, 5.74) is 0.952. The predicted molar refractivity (Wildman–Crippen MR) is 66.4 cm³/mol. The molecule has 1 heterocycles. The first-order valence-electron chi connectivity index (χ1n) is 5.96. The third-order valence-corrected chi connectivity index (χ3v) is 3.49. The van der Waals surface area contributed by atoms with E-state index >= 15 is 0 Å². The molecule has 0 aliphatic heterocycles. The van der Waals surface area contributed by atoms with Gasteiger partial charge in [0, 0.05) is 12.1 Å². The van der Waals surface area contributed by atoms with Crippen molar-refractivity contribution in [2.45, 2.75) is 25.7 Å². The third kappa shape index (κ3) is 2.53. The molecule has 0 N–H and O–H groups in total. The second-order valence-electron chi connectivity index (χ2n) is 4.29. The lowest BCUT2D eigenvalue weighted by Crippen LogP contribution is -2.36. The SMILES string of the molecule is CCOC(=O)C(=O)[C@@H]1CCC1c1ccc(Cl)nc1. The fourth-order valence-electron chi connectivity index (χ4n) is 2.17. The average Bonchev–Trinajstić information content (AvgIpc) is 2.31. The highest BCUT2D eigenvalue weighted by Gasteiger charge is 2.40. The topological polar surface area (TPSA) is 56.3 Å². The maximum absolute atomic E-state index is 11.8. The van der Waals surface area contributed by atoms with E-state index in [2.05, 4.69) is 4.98 Å². The number of nitrogens with zero attached hydrogens (tertiary/aromatic N) is 1. The van der Waals surface area contributed by atoms with Crippen LogP contribution in [0.1, 0.15) is 31.2 Å². The number of carbonyl (C=O) groups is 2. The molecule has 1 unspecified atom stereocenters. The fraction of sp³-hybridized carbons (Fsp3) is 0.462. The molecular formula is C13H14ClNO3. The second-order valence-corrected chi connectivity index (χ2v) is 4.68. The van der Waals surface area contributed by atoms with E-state index in [4.69, 9.17) is 16.3 Å². The molecule has 1 fully saturated rings. The monoisotopic (exact) mass is 267 g/mol. The number of hydrogen-bond acceptors (Lipinski definition) is 4. The lowest BCUT2D eigenvalue weighted by atomic mass is 9.68. The number of hydrogen-bond donors (Lipinski definition) is 0. The molecule has 2 rings (SSSR count). The zero-order chi connectivity index (χ0) is 13.1. The van der Waals surface area contributed by atoms with Crippen molar-refractivity contribution in [2.75, 3.05) is 6.61 Å². The van der Waals surface area contributed by atoms with Gasteiger partial charge in [0.2, 0.25) is 5.78 Å². The van der Waals surface area contributed by atoms with Crippen LogP contribution in [0.2, 0.25) is 5.15 Å². The first-order valence-corrected chi connectivity index (χ1v) is 6.33. The molecule has 0 saturated heterocycles. The number of esters is 1. The molecule has 1 aromatic rings. The Hall–Kier alpha value is -1.42. The van der Waals surface area contributed by atoms with Crippen LogP contribution in [0, 0.1) is 5.92 Å². The van der Waals surface area contributed by atoms with Crippen molar-refractivity contribution in [2.24, 2.45) is 5.92 Å². The molecule has 2 atom stereocenters. The summed E-state index contributed by atoms with van der Waals surface area (Å²) in [7, 11) is 0. The van der Waals surface area contributed by atoms with Gasteiger partial charge in [0.1, 0.15) is 5.15 Å². The third-order valence-electron chi connectivity index (χ3n) is 3.27. The molecule has 0 amide bonds. The van der Waals surface area contributed by atoms with Gasteiger partial charge < -0.3 is 4.74 Å². The van der Waals surface area contributed by atoms with Gasteiger partial charge in [-0.3, -0.25) is 4.79 Å². The molecule has 0 bridgehead atoms. The molecule has 0 aromatic carbocycles. The van der Waals surface area contributed by atoms with Gasteiger partial charge in [-0.2, -0.15) is 0 Å². The summed E-state index contributed by atoms with van der Waals surface area (Å²) in [6.45, 7) is 1.91. The van der Waals surface area contributed by atoms with Gasteiger partial charge >= 0.3 is 5.97 Å². The van der Waals surface area contributed by atoms with Crippen LogP contribution in [0.25, 0.3) is 0 Å². The Kier molecular flexibility index (Phi) is 3.97. The van der Waals surface area contributed by atoms with Gasteiger partial charge in [-0.25, -0.2) is 9.78 Å². The van der Waals surface area contributed by atoms with Crippen molar-refractivity contribution >= 4 is 23.4 Å². The van der Waals surface area contributed by atoms with Crippen molar-refractivity contribution in [3.8, 4) is 0 Å². The molecule has 0 spiro atoms. The number of rotatable bonds is 4. The Labute approximate surface area is 110 Å². The number of Topliss-reactive ketones (excluding diaryl/α,β-unsaturated/α-hetero) is 1. The molecule has 1 aliphatic carbocycles. The number of carbonyl (C=O) groups excluding carboxylic acids is 2. The van der Waals surface area contributed by atoms with Crippen LogP contribution in [0.4, 0.5) is 0 Å². The van der Waals surface area contributed by atoms with Crippen molar-refractivity contribution in [1.29, 1.82) is 0 Å². The van der Waals surface area contributed by atoms with E-state index in [-0.39, 0.29) is 18.4 Å². The van der Waals surface area contributed by atoms with E-state index in [9.17, 15) is 9.59 Å². The number of halogens is 1. The normalized spacial score (nSPS) is 22.1. The van der Waals surface area contributed by atoms with E-state index < -0.39 is 11.8 Å². The van der Waals surface area contributed by atoms with Crippen molar-refractivity contribution in [1.82, 2.24) is 4.98 Å². The first-order chi connectivity index (χ1) is 8.63. The standard InChI is InChI=1S/C13H14ClNO3/c1-2-18-13(17)12(16)10-5-4-9(10)8-3-6-11(14)15-7-8/h3,6-7,9-10H,2,4-5H2,1H3/t9?,10-/m1/s1. The quantitative estimate of drug-likeness (QED) is 0.477. The number of pyridine rings is 1. The zero-order valence-corrected chi connectivity index (χ0v) is 10.8. The minimum atomic E-state index is -0.728. The molecule has 4 nitrogen and oxygen atoms in total. The van der Waals surface area contributed by atoms with Crippen LogP contribution in [0.15, 0.2) is 18.3 Å². The Morgan fingerprint density at radius 1 is 1.44 bits per heavy atom. The smallest absolute Gasteiger partial charge is 0.374 e. The summed E-state index contributed by atoms with van der Waals surface area (Å²) in [6, 6.07) is 3.55. The molecule has 96 valence electrons. The van der Waals surface area contributed by atoms with Crippen molar-refractivity contribution in [3.63, 3.8) is 0 Å². The van der Waals surface area contributed by atoms with Gasteiger partial charge in [-0.15, -0.1) is 0 Å². The molecule has 18 heavy (non-hydrogen) atoms. The first kappa shape index (κ1) is 13.0. The van der Waals surface area contributed by atoms with Crippen LogP contribution in [0.5, 0.6) is 0 Å². The fourth-order valence-corrected chi connectivity index (χ4v) is 2.28. The van der Waals surface area contributed by atoms with Crippen LogP contribution >= 0.6 is 11.6 Å². The minimum absolute atomic E-state index is 0.0617. The number of aromatic nitrogens is 1. The van der Waals surface area contributed by atoms with Gasteiger partial charge in [0.15, 0.2) is 0 Å². The Morgan fingerprint density at radius 3 is 2.72 bits per heavy atom. The van der Waals surface area contributed by atoms with E-state index in [0.717, 1.165) is 18.4 Å². The lowest BCUT2D eigenvalue weighted by molar-refractivity contribution is -0.157. The molecule has 1 aliphatic rings. The Balaban J connectivity index is 2.06. The largest absolute Gasteiger partial charge is 0.460 e. The Bertz CT molecular complexity index is 458. The van der Waals surface area contributed by atoms with E-state index in [1.807, 2.05) is 6.07 Å². The summed E-state index contributed by atoms with van der Waals surface area (Å²) in [4.78, 5) is 27.2. The molecule has 5 heteroatoms. The molecular weight excluding hydrogens is 254 g/mol. The van der Waals surface area contributed by atoms with Crippen LogP contribution in [-0.2, 0) is 14.3 Å². The van der Waals surface area contributed by atoms with E-state index in [1.165, 1.54) is 0 Å². The highest BCUT2D eigenvalue weighted by atomic mass is 35.5.